The van der Waals surface area contributed by atoms with Crippen molar-refractivity contribution in [3.63, 3.8) is 0 Å². The first-order valence-corrected chi connectivity index (χ1v) is 8.38. The summed E-state index contributed by atoms with van der Waals surface area (Å²) >= 11 is 5.88. The van der Waals surface area contributed by atoms with E-state index < -0.39 is 11.7 Å². The van der Waals surface area contributed by atoms with Crippen LogP contribution in [0.4, 0.5) is 4.39 Å². The highest BCUT2D eigenvalue weighted by molar-refractivity contribution is 6.33. The van der Waals surface area contributed by atoms with Crippen LogP contribution in [0.15, 0.2) is 47.6 Å². The maximum absolute atomic E-state index is 13.6. The number of carbonyl (C=O) groups excluding carboxylic acids is 1. The lowest BCUT2D eigenvalue weighted by molar-refractivity contribution is -0.123. The molecule has 0 aliphatic carbocycles. The first kappa shape index (κ1) is 18.9. The monoisotopic (exact) mass is 362 g/mol. The molecule has 0 saturated carbocycles. The van der Waals surface area contributed by atoms with E-state index in [1.54, 1.807) is 6.07 Å². The fourth-order valence-corrected chi connectivity index (χ4v) is 2.43. The Bertz CT molecular complexity index is 745. The van der Waals surface area contributed by atoms with Crippen molar-refractivity contribution in [2.75, 3.05) is 6.61 Å². The highest BCUT2D eigenvalue weighted by atomic mass is 35.5. The van der Waals surface area contributed by atoms with E-state index in [9.17, 15) is 9.18 Å². The summed E-state index contributed by atoms with van der Waals surface area (Å²) in [6.07, 6.45) is 2.14. The summed E-state index contributed by atoms with van der Waals surface area (Å²) in [4.78, 5) is 11.9. The Hall–Kier alpha value is -2.40. The molecule has 1 atom stereocenters. The van der Waals surface area contributed by atoms with Crippen LogP contribution in [-0.4, -0.2) is 18.7 Å². The van der Waals surface area contributed by atoms with E-state index in [1.807, 2.05) is 24.3 Å². The number of ether oxygens (including phenoxy) is 1. The minimum Gasteiger partial charge on any atom is -0.483 e. The molecule has 0 spiro atoms. The third-order valence-electron chi connectivity index (χ3n) is 3.80. The second kappa shape index (κ2) is 9.18. The molecule has 2 aromatic carbocycles. The summed E-state index contributed by atoms with van der Waals surface area (Å²) < 4.78 is 19.2. The molecule has 0 bridgehead atoms. The number of nitrogens with zero attached hydrogens (tertiary/aromatic N) is 1. The number of halogens is 2. The van der Waals surface area contributed by atoms with E-state index >= 15 is 0 Å². The van der Waals surface area contributed by atoms with E-state index in [1.165, 1.54) is 18.3 Å². The molecule has 0 aliphatic rings. The summed E-state index contributed by atoms with van der Waals surface area (Å²) in [6, 6.07) is 11.9. The third kappa shape index (κ3) is 5.29. The van der Waals surface area contributed by atoms with Crippen molar-refractivity contribution in [3.05, 3.63) is 64.4 Å². The molecule has 25 heavy (non-hydrogen) atoms. The van der Waals surface area contributed by atoms with Crippen LogP contribution in [0, 0.1) is 5.82 Å². The first-order chi connectivity index (χ1) is 12.0. The van der Waals surface area contributed by atoms with Gasteiger partial charge in [0.15, 0.2) is 6.61 Å². The van der Waals surface area contributed by atoms with Crippen molar-refractivity contribution in [2.45, 2.75) is 26.2 Å². The summed E-state index contributed by atoms with van der Waals surface area (Å²) in [6.45, 7) is 4.01. The molecular weight excluding hydrogens is 343 g/mol. The molecule has 1 unspecified atom stereocenters. The second-order valence-electron chi connectivity index (χ2n) is 5.56. The first-order valence-electron chi connectivity index (χ1n) is 8.00. The van der Waals surface area contributed by atoms with Crippen molar-refractivity contribution in [3.8, 4) is 5.75 Å². The quantitative estimate of drug-likeness (QED) is 0.581. The zero-order valence-electron chi connectivity index (χ0n) is 14.1. The highest BCUT2D eigenvalue weighted by Crippen LogP contribution is 2.28. The van der Waals surface area contributed by atoms with Crippen LogP contribution in [-0.2, 0) is 4.79 Å². The van der Waals surface area contributed by atoms with Gasteiger partial charge in [0.1, 0.15) is 11.6 Å². The molecule has 0 saturated heterocycles. The van der Waals surface area contributed by atoms with Gasteiger partial charge in [-0.3, -0.25) is 4.79 Å². The zero-order valence-corrected chi connectivity index (χ0v) is 14.9. The Morgan fingerprint density at radius 1 is 1.32 bits per heavy atom. The highest BCUT2D eigenvalue weighted by Gasteiger charge is 2.11. The summed E-state index contributed by atoms with van der Waals surface area (Å²) in [5.74, 6) is 0.0560. The zero-order chi connectivity index (χ0) is 18.2. The van der Waals surface area contributed by atoms with Gasteiger partial charge in [-0.25, -0.2) is 9.82 Å². The standard InChI is InChI=1S/C19H20ClFN2O2/c1-3-13(2)14-7-4-5-10-18(14)25-12-19(24)23-22-11-15-16(20)8-6-9-17(15)21/h4-11,13H,3,12H2,1-2H3,(H,23,24)/b22-11+. The number of carbonyl (C=O) groups is 1. The number of nitrogens with one attached hydrogen (secondary N) is 1. The normalized spacial score (nSPS) is 12.2. The number of amides is 1. The molecule has 2 aromatic rings. The van der Waals surface area contributed by atoms with Gasteiger partial charge in [0.2, 0.25) is 0 Å². The van der Waals surface area contributed by atoms with Crippen molar-refractivity contribution in [2.24, 2.45) is 5.10 Å². The number of hydrogen-bond acceptors (Lipinski definition) is 3. The lowest BCUT2D eigenvalue weighted by atomic mass is 9.98. The lowest BCUT2D eigenvalue weighted by Gasteiger charge is -2.15. The van der Waals surface area contributed by atoms with Gasteiger partial charge in [-0.15, -0.1) is 0 Å². The molecular formula is C19H20ClFN2O2. The van der Waals surface area contributed by atoms with Crippen molar-refractivity contribution in [1.82, 2.24) is 5.43 Å². The smallest absolute Gasteiger partial charge is 0.277 e. The van der Waals surface area contributed by atoms with Crippen molar-refractivity contribution < 1.29 is 13.9 Å². The van der Waals surface area contributed by atoms with E-state index in [0.29, 0.717) is 11.7 Å². The van der Waals surface area contributed by atoms with Gasteiger partial charge < -0.3 is 4.74 Å². The number of benzene rings is 2. The van der Waals surface area contributed by atoms with Crippen LogP contribution >= 0.6 is 11.6 Å². The minimum absolute atomic E-state index is 0.118. The van der Waals surface area contributed by atoms with Gasteiger partial charge in [0.05, 0.1) is 11.2 Å². The average Bonchev–Trinajstić information content (AvgIpc) is 2.62. The molecule has 1 amide bonds. The Balaban J connectivity index is 1.93. The Morgan fingerprint density at radius 3 is 2.80 bits per heavy atom. The Morgan fingerprint density at radius 2 is 2.08 bits per heavy atom. The molecule has 6 heteroatoms. The largest absolute Gasteiger partial charge is 0.483 e. The topological polar surface area (TPSA) is 50.7 Å². The number of rotatable bonds is 7. The van der Waals surface area contributed by atoms with E-state index in [0.717, 1.165) is 12.0 Å². The van der Waals surface area contributed by atoms with Gasteiger partial charge in [-0.05, 0) is 36.1 Å². The maximum atomic E-state index is 13.6. The van der Waals surface area contributed by atoms with Gasteiger partial charge in [0, 0.05) is 5.56 Å². The molecule has 0 aromatic heterocycles. The SMILES string of the molecule is CCC(C)c1ccccc1OCC(=O)N/N=C/c1c(F)cccc1Cl. The van der Waals surface area contributed by atoms with Gasteiger partial charge >= 0.3 is 0 Å². The summed E-state index contributed by atoms with van der Waals surface area (Å²) in [5, 5.41) is 3.94. The molecule has 0 fully saturated rings. The Kier molecular flexibility index (Phi) is 6.95. The maximum Gasteiger partial charge on any atom is 0.277 e. The van der Waals surface area contributed by atoms with Crippen molar-refractivity contribution >= 4 is 23.7 Å². The van der Waals surface area contributed by atoms with Crippen molar-refractivity contribution in [1.29, 1.82) is 0 Å². The van der Waals surface area contributed by atoms with E-state index in [-0.39, 0.29) is 17.2 Å². The van der Waals surface area contributed by atoms with Crippen LogP contribution in [0.1, 0.15) is 37.3 Å². The van der Waals surface area contributed by atoms with Gasteiger partial charge in [-0.1, -0.05) is 49.7 Å². The summed E-state index contributed by atoms with van der Waals surface area (Å²) in [7, 11) is 0. The average molecular weight is 363 g/mol. The van der Waals surface area contributed by atoms with E-state index in [2.05, 4.69) is 24.4 Å². The van der Waals surface area contributed by atoms with E-state index in [4.69, 9.17) is 16.3 Å². The van der Waals surface area contributed by atoms with Crippen LogP contribution in [0.5, 0.6) is 5.75 Å². The molecule has 132 valence electrons. The number of hydrazone groups is 1. The second-order valence-corrected chi connectivity index (χ2v) is 5.97. The van der Waals surface area contributed by atoms with Gasteiger partial charge in [0.25, 0.3) is 5.91 Å². The molecule has 4 nitrogen and oxygen atoms in total. The van der Waals surface area contributed by atoms with Crippen LogP contribution < -0.4 is 10.2 Å². The minimum atomic E-state index is -0.510. The van der Waals surface area contributed by atoms with Crippen LogP contribution in [0.2, 0.25) is 5.02 Å². The third-order valence-corrected chi connectivity index (χ3v) is 4.13. The summed E-state index contributed by atoms with van der Waals surface area (Å²) in [5.41, 5.74) is 3.47. The fourth-order valence-electron chi connectivity index (χ4n) is 2.22. The predicted octanol–water partition coefficient (Wildman–Crippen LogP) is 4.52. The molecule has 0 radical (unpaired) electrons. The lowest BCUT2D eigenvalue weighted by Crippen LogP contribution is -2.25. The number of para-hydroxylation sites is 1. The molecule has 2 rings (SSSR count). The molecule has 1 N–H and O–H groups in total. The Labute approximate surface area is 151 Å². The molecule has 0 heterocycles. The van der Waals surface area contributed by atoms with Gasteiger partial charge in [-0.2, -0.15) is 5.10 Å². The fraction of sp³-hybridized carbons (Fsp3) is 0.263. The predicted molar refractivity (Wildman–Crippen MR) is 97.8 cm³/mol. The van der Waals surface area contributed by atoms with Crippen LogP contribution in [0.25, 0.3) is 0 Å². The molecule has 0 aliphatic heterocycles. The number of hydrogen-bond donors (Lipinski definition) is 1. The van der Waals surface area contributed by atoms with Crippen LogP contribution in [0.3, 0.4) is 0 Å².